The molecule has 2 atom stereocenters. The Kier molecular flexibility index (Phi) is 4.64. The molecule has 5 nitrogen and oxygen atoms in total. The Hall–Kier alpha value is -1.59. The highest BCUT2D eigenvalue weighted by Crippen LogP contribution is 2.29. The Morgan fingerprint density at radius 3 is 3.09 bits per heavy atom. The Balaban J connectivity index is 1.65. The van der Waals surface area contributed by atoms with E-state index in [1.807, 2.05) is 23.9 Å². The molecule has 1 aliphatic rings. The van der Waals surface area contributed by atoms with E-state index in [1.54, 1.807) is 6.26 Å². The van der Waals surface area contributed by atoms with Crippen LogP contribution in [0.25, 0.3) is 0 Å². The first kappa shape index (κ1) is 15.3. The van der Waals surface area contributed by atoms with Crippen molar-refractivity contribution in [3.63, 3.8) is 0 Å². The van der Waals surface area contributed by atoms with Crippen molar-refractivity contribution in [3.05, 3.63) is 41.6 Å². The number of hydrogen-bond donors (Lipinski definition) is 1. The molecule has 0 aliphatic carbocycles. The highest BCUT2D eigenvalue weighted by atomic mass is 16.4. The fourth-order valence-electron chi connectivity index (χ4n) is 3.46. The zero-order chi connectivity index (χ0) is 15.5. The molecule has 3 heterocycles. The van der Waals surface area contributed by atoms with Crippen molar-refractivity contribution in [2.75, 3.05) is 6.54 Å². The lowest BCUT2D eigenvalue weighted by atomic mass is 10.0. The van der Waals surface area contributed by atoms with Crippen molar-refractivity contribution < 1.29 is 9.52 Å². The van der Waals surface area contributed by atoms with Crippen molar-refractivity contribution in [1.82, 2.24) is 14.7 Å². The molecule has 0 saturated carbocycles. The van der Waals surface area contributed by atoms with Crippen LogP contribution in [0.3, 0.4) is 0 Å². The van der Waals surface area contributed by atoms with Gasteiger partial charge < -0.3 is 9.52 Å². The quantitative estimate of drug-likeness (QED) is 0.891. The van der Waals surface area contributed by atoms with Gasteiger partial charge in [-0.15, -0.1) is 0 Å². The summed E-state index contributed by atoms with van der Waals surface area (Å²) in [5.74, 6) is 0.669. The molecular weight excluding hydrogens is 278 g/mol. The summed E-state index contributed by atoms with van der Waals surface area (Å²) in [6.45, 7) is 4.16. The average molecular weight is 303 g/mol. The van der Waals surface area contributed by atoms with Crippen LogP contribution in [0.15, 0.2) is 29.0 Å². The van der Waals surface area contributed by atoms with Crippen LogP contribution in [0, 0.1) is 0 Å². The number of likely N-dealkylation sites (tertiary alicyclic amines) is 1. The normalized spacial score (nSPS) is 20.6. The minimum atomic E-state index is -0.514. The molecule has 0 amide bonds. The van der Waals surface area contributed by atoms with Crippen LogP contribution >= 0.6 is 0 Å². The smallest absolute Gasteiger partial charge is 0.132 e. The van der Waals surface area contributed by atoms with Gasteiger partial charge in [-0.1, -0.05) is 6.92 Å². The first-order valence-corrected chi connectivity index (χ1v) is 8.14. The zero-order valence-corrected chi connectivity index (χ0v) is 13.4. The van der Waals surface area contributed by atoms with Gasteiger partial charge in [-0.2, -0.15) is 5.10 Å². The van der Waals surface area contributed by atoms with Gasteiger partial charge in [-0.25, -0.2) is 0 Å². The lowest BCUT2D eigenvalue weighted by Crippen LogP contribution is -2.30. The Morgan fingerprint density at radius 2 is 2.36 bits per heavy atom. The topological polar surface area (TPSA) is 54.4 Å². The van der Waals surface area contributed by atoms with Gasteiger partial charge in [-0.3, -0.25) is 9.58 Å². The van der Waals surface area contributed by atoms with Gasteiger partial charge in [0.1, 0.15) is 11.9 Å². The third-order valence-corrected chi connectivity index (χ3v) is 4.57. The molecule has 1 N–H and O–H groups in total. The fraction of sp³-hybridized carbons (Fsp3) is 0.588. The summed E-state index contributed by atoms with van der Waals surface area (Å²) in [6.07, 6.45) is 7.25. The summed E-state index contributed by atoms with van der Waals surface area (Å²) in [7, 11) is 1.98. The van der Waals surface area contributed by atoms with Gasteiger partial charge in [0.2, 0.25) is 0 Å². The summed E-state index contributed by atoms with van der Waals surface area (Å²) < 4.78 is 7.22. The van der Waals surface area contributed by atoms with E-state index in [1.165, 1.54) is 17.7 Å². The maximum absolute atomic E-state index is 10.3. The zero-order valence-electron chi connectivity index (χ0n) is 13.4. The summed E-state index contributed by atoms with van der Waals surface area (Å²) in [4.78, 5) is 2.47. The van der Waals surface area contributed by atoms with E-state index in [4.69, 9.17) is 4.42 Å². The Morgan fingerprint density at radius 1 is 1.50 bits per heavy atom. The minimum absolute atomic E-state index is 0.407. The number of aryl methyl sites for hydroxylation is 2. The predicted octanol–water partition coefficient (Wildman–Crippen LogP) is 2.66. The Labute approximate surface area is 131 Å². The van der Waals surface area contributed by atoms with Crippen molar-refractivity contribution in [2.45, 2.75) is 51.3 Å². The molecule has 1 fully saturated rings. The van der Waals surface area contributed by atoms with Crippen LogP contribution < -0.4 is 0 Å². The molecule has 2 aromatic heterocycles. The lowest BCUT2D eigenvalue weighted by molar-refractivity contribution is 0.0994. The van der Waals surface area contributed by atoms with Crippen LogP contribution in [0.2, 0.25) is 0 Å². The molecule has 22 heavy (non-hydrogen) atoms. The standard InChI is InChI=1S/C17H25N3O2/c1-3-15-13(11-19(2)18-15)12-20-8-4-6-14(20)10-16(21)17-7-5-9-22-17/h5,7,9,11,14,16,21H,3-4,6,8,10,12H2,1-2H3. The van der Waals surface area contributed by atoms with E-state index in [-0.39, 0.29) is 0 Å². The Bertz CT molecular complexity index is 591. The van der Waals surface area contributed by atoms with Gasteiger partial charge >= 0.3 is 0 Å². The molecule has 0 spiro atoms. The van der Waals surface area contributed by atoms with Gasteiger partial charge in [0, 0.05) is 31.4 Å². The van der Waals surface area contributed by atoms with Gasteiger partial charge in [0.25, 0.3) is 0 Å². The molecule has 0 radical (unpaired) electrons. The summed E-state index contributed by atoms with van der Waals surface area (Å²) in [5.41, 5.74) is 2.49. The van der Waals surface area contributed by atoms with Crippen LogP contribution in [0.4, 0.5) is 0 Å². The van der Waals surface area contributed by atoms with E-state index < -0.39 is 6.10 Å². The highest BCUT2D eigenvalue weighted by molar-refractivity contribution is 5.17. The monoisotopic (exact) mass is 303 g/mol. The fourth-order valence-corrected chi connectivity index (χ4v) is 3.46. The van der Waals surface area contributed by atoms with Gasteiger partial charge in [0.15, 0.2) is 0 Å². The third kappa shape index (κ3) is 3.25. The highest BCUT2D eigenvalue weighted by Gasteiger charge is 2.28. The van der Waals surface area contributed by atoms with E-state index in [0.29, 0.717) is 11.8 Å². The maximum Gasteiger partial charge on any atom is 0.132 e. The lowest BCUT2D eigenvalue weighted by Gasteiger charge is -2.25. The largest absolute Gasteiger partial charge is 0.467 e. The molecule has 2 aromatic rings. The number of furan rings is 1. The molecule has 0 bridgehead atoms. The van der Waals surface area contributed by atoms with Crippen LogP contribution in [-0.2, 0) is 20.0 Å². The molecule has 5 heteroatoms. The third-order valence-electron chi connectivity index (χ3n) is 4.57. The van der Waals surface area contributed by atoms with Crippen molar-refractivity contribution in [1.29, 1.82) is 0 Å². The second-order valence-corrected chi connectivity index (χ2v) is 6.16. The summed E-state index contributed by atoms with van der Waals surface area (Å²) >= 11 is 0. The van der Waals surface area contributed by atoms with Crippen LogP contribution in [0.1, 0.15) is 49.3 Å². The first-order valence-electron chi connectivity index (χ1n) is 8.14. The number of hydrogen-bond acceptors (Lipinski definition) is 4. The van der Waals surface area contributed by atoms with E-state index in [0.717, 1.165) is 32.4 Å². The van der Waals surface area contributed by atoms with Gasteiger partial charge in [-0.05, 0) is 44.4 Å². The van der Waals surface area contributed by atoms with E-state index in [2.05, 4.69) is 23.1 Å². The first-order chi connectivity index (χ1) is 10.7. The number of rotatable bonds is 6. The second kappa shape index (κ2) is 6.67. The van der Waals surface area contributed by atoms with Crippen molar-refractivity contribution in [3.8, 4) is 0 Å². The SMILES string of the molecule is CCc1nn(C)cc1CN1CCCC1CC(O)c1ccco1. The van der Waals surface area contributed by atoms with Crippen molar-refractivity contribution in [2.24, 2.45) is 7.05 Å². The molecule has 1 saturated heterocycles. The number of nitrogens with zero attached hydrogens (tertiary/aromatic N) is 3. The van der Waals surface area contributed by atoms with E-state index >= 15 is 0 Å². The van der Waals surface area contributed by atoms with Gasteiger partial charge in [0.05, 0.1) is 12.0 Å². The van der Waals surface area contributed by atoms with Crippen molar-refractivity contribution >= 4 is 0 Å². The molecule has 3 rings (SSSR count). The minimum Gasteiger partial charge on any atom is -0.467 e. The number of aliphatic hydroxyl groups is 1. The summed E-state index contributed by atoms with van der Waals surface area (Å²) in [6, 6.07) is 4.08. The molecule has 2 unspecified atom stereocenters. The average Bonchev–Trinajstić information content (AvgIpc) is 3.21. The number of aliphatic hydroxyl groups excluding tert-OH is 1. The maximum atomic E-state index is 10.3. The second-order valence-electron chi connectivity index (χ2n) is 6.16. The molecule has 120 valence electrons. The number of aromatic nitrogens is 2. The summed E-state index contributed by atoms with van der Waals surface area (Å²) in [5, 5.41) is 14.8. The molecule has 0 aromatic carbocycles. The molecular formula is C17H25N3O2. The van der Waals surface area contributed by atoms with E-state index in [9.17, 15) is 5.11 Å². The van der Waals surface area contributed by atoms with Crippen LogP contribution in [0.5, 0.6) is 0 Å². The van der Waals surface area contributed by atoms with Crippen LogP contribution in [-0.4, -0.2) is 32.4 Å². The predicted molar refractivity (Wildman–Crippen MR) is 84.3 cm³/mol. The molecule has 1 aliphatic heterocycles.